The summed E-state index contributed by atoms with van der Waals surface area (Å²) in [5.74, 6) is 5.39. The SMILES string of the molecule is Cc1cscc1CNC(=O)c1cc(Cl)nc(NN)c1. The maximum Gasteiger partial charge on any atom is 0.251 e. The molecule has 2 aromatic heterocycles. The summed E-state index contributed by atoms with van der Waals surface area (Å²) in [7, 11) is 0. The lowest BCUT2D eigenvalue weighted by Gasteiger charge is -2.07. The van der Waals surface area contributed by atoms with Crippen molar-refractivity contribution in [3.63, 3.8) is 0 Å². The molecule has 0 saturated heterocycles. The van der Waals surface area contributed by atoms with Gasteiger partial charge in [0.2, 0.25) is 0 Å². The Balaban J connectivity index is 2.08. The second kappa shape index (κ2) is 6.01. The molecule has 19 heavy (non-hydrogen) atoms. The highest BCUT2D eigenvalue weighted by Gasteiger charge is 2.09. The Bertz CT molecular complexity index is 599. The van der Waals surface area contributed by atoms with Gasteiger partial charge in [-0.05, 0) is 40.9 Å². The summed E-state index contributed by atoms with van der Waals surface area (Å²) >= 11 is 7.43. The van der Waals surface area contributed by atoms with Gasteiger partial charge in [-0.3, -0.25) is 4.79 Å². The van der Waals surface area contributed by atoms with E-state index in [1.165, 1.54) is 11.6 Å². The number of aryl methyl sites for hydroxylation is 1. The monoisotopic (exact) mass is 296 g/mol. The summed E-state index contributed by atoms with van der Waals surface area (Å²) in [6, 6.07) is 3.04. The van der Waals surface area contributed by atoms with Gasteiger partial charge < -0.3 is 10.7 Å². The summed E-state index contributed by atoms with van der Waals surface area (Å²) in [5, 5.41) is 7.11. The predicted molar refractivity (Wildman–Crippen MR) is 77.3 cm³/mol. The van der Waals surface area contributed by atoms with Gasteiger partial charge in [0.15, 0.2) is 0 Å². The van der Waals surface area contributed by atoms with Gasteiger partial charge in [-0.2, -0.15) is 11.3 Å². The second-order valence-electron chi connectivity index (χ2n) is 3.97. The highest BCUT2D eigenvalue weighted by molar-refractivity contribution is 7.08. The first-order chi connectivity index (χ1) is 9.10. The number of nitrogens with two attached hydrogens (primary N) is 1. The topological polar surface area (TPSA) is 80.0 Å². The Morgan fingerprint density at radius 1 is 1.47 bits per heavy atom. The van der Waals surface area contributed by atoms with Crippen LogP contribution in [0.2, 0.25) is 5.15 Å². The van der Waals surface area contributed by atoms with Gasteiger partial charge in [-0.15, -0.1) is 0 Å². The molecule has 4 N–H and O–H groups in total. The number of nitrogens with one attached hydrogen (secondary N) is 2. The third kappa shape index (κ3) is 3.44. The summed E-state index contributed by atoms with van der Waals surface area (Å²) in [6.45, 7) is 2.50. The Morgan fingerprint density at radius 3 is 2.89 bits per heavy atom. The minimum atomic E-state index is -0.216. The van der Waals surface area contributed by atoms with Gasteiger partial charge in [0.25, 0.3) is 5.91 Å². The number of thiophene rings is 1. The number of carbonyl (C=O) groups excluding carboxylic acids is 1. The summed E-state index contributed by atoms with van der Waals surface area (Å²) in [6.07, 6.45) is 0. The standard InChI is InChI=1S/C12H13ClN4OS/c1-7-5-19-6-9(7)4-15-12(18)8-2-10(13)16-11(3-8)17-14/h2-3,5-6H,4,14H2,1H3,(H,15,18)(H,16,17). The first-order valence-electron chi connectivity index (χ1n) is 5.54. The molecule has 0 aromatic carbocycles. The molecule has 0 radical (unpaired) electrons. The normalized spacial score (nSPS) is 10.3. The van der Waals surface area contributed by atoms with E-state index < -0.39 is 0 Å². The third-order valence-corrected chi connectivity index (χ3v) is 3.71. The lowest BCUT2D eigenvalue weighted by Crippen LogP contribution is -2.23. The van der Waals surface area contributed by atoms with Crippen LogP contribution in [0.3, 0.4) is 0 Å². The fraction of sp³-hybridized carbons (Fsp3) is 0.167. The number of rotatable bonds is 4. The number of hydrogen-bond donors (Lipinski definition) is 3. The van der Waals surface area contributed by atoms with Gasteiger partial charge in [0, 0.05) is 12.1 Å². The molecule has 0 spiro atoms. The largest absolute Gasteiger partial charge is 0.348 e. The van der Waals surface area contributed by atoms with Crippen molar-refractivity contribution >= 4 is 34.7 Å². The molecule has 0 aliphatic rings. The molecule has 0 aliphatic heterocycles. The fourth-order valence-corrected chi connectivity index (χ4v) is 2.61. The molecule has 0 saturated carbocycles. The van der Waals surface area contributed by atoms with Crippen molar-refractivity contribution in [2.75, 3.05) is 5.43 Å². The Labute approximate surface area is 119 Å². The van der Waals surface area contributed by atoms with Crippen molar-refractivity contribution < 1.29 is 4.79 Å². The predicted octanol–water partition coefficient (Wildman–Crippen LogP) is 2.32. The van der Waals surface area contributed by atoms with Crippen molar-refractivity contribution in [1.82, 2.24) is 10.3 Å². The first kappa shape index (κ1) is 13.8. The third-order valence-electron chi connectivity index (χ3n) is 2.61. The zero-order valence-corrected chi connectivity index (χ0v) is 11.8. The van der Waals surface area contributed by atoms with E-state index in [9.17, 15) is 4.79 Å². The van der Waals surface area contributed by atoms with Gasteiger partial charge in [0.1, 0.15) is 11.0 Å². The molecule has 0 atom stereocenters. The van der Waals surface area contributed by atoms with Gasteiger partial charge in [0.05, 0.1) is 0 Å². The number of anilines is 1. The molecular formula is C12H13ClN4OS. The summed E-state index contributed by atoms with van der Waals surface area (Å²) in [4.78, 5) is 15.9. The number of aromatic nitrogens is 1. The highest BCUT2D eigenvalue weighted by Crippen LogP contribution is 2.15. The number of halogens is 1. The molecular weight excluding hydrogens is 284 g/mol. The van der Waals surface area contributed by atoms with E-state index in [4.69, 9.17) is 17.4 Å². The number of carbonyl (C=O) groups is 1. The lowest BCUT2D eigenvalue weighted by atomic mass is 10.2. The van der Waals surface area contributed by atoms with E-state index in [1.54, 1.807) is 17.4 Å². The highest BCUT2D eigenvalue weighted by atomic mass is 35.5. The van der Waals surface area contributed by atoms with E-state index in [0.717, 1.165) is 5.56 Å². The molecule has 0 bridgehead atoms. The number of nitrogen functional groups attached to an aromatic ring is 1. The average molecular weight is 297 g/mol. The van der Waals surface area contributed by atoms with Crippen LogP contribution in [0.5, 0.6) is 0 Å². The smallest absolute Gasteiger partial charge is 0.251 e. The minimum Gasteiger partial charge on any atom is -0.348 e. The van der Waals surface area contributed by atoms with E-state index in [0.29, 0.717) is 17.9 Å². The molecule has 100 valence electrons. The Hall–Kier alpha value is -1.63. The quantitative estimate of drug-likeness (QED) is 0.459. The van der Waals surface area contributed by atoms with Crippen molar-refractivity contribution in [3.05, 3.63) is 44.7 Å². The van der Waals surface area contributed by atoms with E-state index >= 15 is 0 Å². The molecule has 2 rings (SSSR count). The second-order valence-corrected chi connectivity index (χ2v) is 5.10. The maximum absolute atomic E-state index is 12.0. The molecule has 5 nitrogen and oxygen atoms in total. The number of pyridine rings is 1. The summed E-state index contributed by atoms with van der Waals surface area (Å²) in [5.41, 5.74) is 5.06. The fourth-order valence-electron chi connectivity index (χ4n) is 1.55. The first-order valence-corrected chi connectivity index (χ1v) is 6.86. The van der Waals surface area contributed by atoms with Gasteiger partial charge >= 0.3 is 0 Å². The average Bonchev–Trinajstić information content (AvgIpc) is 2.80. The van der Waals surface area contributed by atoms with Crippen molar-refractivity contribution in [1.29, 1.82) is 0 Å². The van der Waals surface area contributed by atoms with Gasteiger partial charge in [-0.25, -0.2) is 10.8 Å². The number of hydrazine groups is 1. The van der Waals surface area contributed by atoms with E-state index in [1.807, 2.05) is 17.7 Å². The zero-order valence-electron chi connectivity index (χ0n) is 10.2. The van der Waals surface area contributed by atoms with Crippen LogP contribution < -0.4 is 16.6 Å². The number of nitrogens with zero attached hydrogens (tertiary/aromatic N) is 1. The van der Waals surface area contributed by atoms with E-state index in [2.05, 4.69) is 15.7 Å². The molecule has 2 heterocycles. The molecule has 0 unspecified atom stereocenters. The lowest BCUT2D eigenvalue weighted by molar-refractivity contribution is 0.0951. The van der Waals surface area contributed by atoms with E-state index in [-0.39, 0.29) is 11.1 Å². The van der Waals surface area contributed by atoms with Crippen molar-refractivity contribution in [2.24, 2.45) is 5.84 Å². The minimum absolute atomic E-state index is 0.215. The van der Waals surface area contributed by atoms with Crippen LogP contribution in [0.15, 0.2) is 22.9 Å². The van der Waals surface area contributed by atoms with Crippen LogP contribution in [0.4, 0.5) is 5.82 Å². The molecule has 2 aromatic rings. The molecule has 0 fully saturated rings. The molecule has 1 amide bonds. The zero-order chi connectivity index (χ0) is 13.8. The van der Waals surface area contributed by atoms with Crippen LogP contribution in [-0.4, -0.2) is 10.9 Å². The Kier molecular flexibility index (Phi) is 4.36. The molecule has 7 heteroatoms. The number of hydrogen-bond acceptors (Lipinski definition) is 5. The van der Waals surface area contributed by atoms with Crippen LogP contribution in [-0.2, 0) is 6.54 Å². The van der Waals surface area contributed by atoms with Crippen LogP contribution >= 0.6 is 22.9 Å². The van der Waals surface area contributed by atoms with Crippen LogP contribution in [0.25, 0.3) is 0 Å². The maximum atomic E-state index is 12.0. The summed E-state index contributed by atoms with van der Waals surface area (Å²) < 4.78 is 0. The van der Waals surface area contributed by atoms with Crippen LogP contribution in [0, 0.1) is 6.92 Å². The van der Waals surface area contributed by atoms with Crippen LogP contribution in [0.1, 0.15) is 21.5 Å². The van der Waals surface area contributed by atoms with Crippen molar-refractivity contribution in [3.8, 4) is 0 Å². The van der Waals surface area contributed by atoms with Crippen molar-refractivity contribution in [2.45, 2.75) is 13.5 Å². The molecule has 0 aliphatic carbocycles. The van der Waals surface area contributed by atoms with Gasteiger partial charge in [-0.1, -0.05) is 11.6 Å². The Morgan fingerprint density at radius 2 is 2.26 bits per heavy atom. The number of amides is 1.